The fourth-order valence-corrected chi connectivity index (χ4v) is 2.11. The molecule has 16 heavy (non-hydrogen) atoms. The Labute approximate surface area is 96.6 Å². The van der Waals surface area contributed by atoms with Crippen LogP contribution in [-0.4, -0.2) is 43.2 Å². The highest BCUT2D eigenvalue weighted by Crippen LogP contribution is 2.16. The molecular weight excluding hydrogens is 202 g/mol. The number of hydrogen-bond donors (Lipinski definition) is 1. The molecule has 0 saturated carbocycles. The average Bonchev–Trinajstić information content (AvgIpc) is 2.30. The van der Waals surface area contributed by atoms with Crippen molar-refractivity contribution in [2.24, 2.45) is 0 Å². The van der Waals surface area contributed by atoms with Crippen molar-refractivity contribution in [3.8, 4) is 5.88 Å². The fraction of sp³-hybridized carbons (Fsp3) is 0.583. The molecule has 0 radical (unpaired) electrons. The molecule has 1 fully saturated rings. The molecule has 1 aromatic heterocycles. The summed E-state index contributed by atoms with van der Waals surface area (Å²) in [6, 6.07) is 4.43. The van der Waals surface area contributed by atoms with Crippen molar-refractivity contribution in [3.63, 3.8) is 0 Å². The topological polar surface area (TPSA) is 37.4 Å². The molecule has 0 aliphatic carbocycles. The summed E-state index contributed by atoms with van der Waals surface area (Å²) in [5, 5.41) is 3.50. The molecule has 0 spiro atoms. The van der Waals surface area contributed by atoms with Gasteiger partial charge in [-0.15, -0.1) is 0 Å². The van der Waals surface area contributed by atoms with Crippen LogP contribution in [0.15, 0.2) is 18.3 Å². The first-order valence-corrected chi connectivity index (χ1v) is 5.73. The third-order valence-corrected chi connectivity index (χ3v) is 2.94. The summed E-state index contributed by atoms with van der Waals surface area (Å²) in [6.07, 6.45) is 4.32. The number of ether oxygens (including phenoxy) is 1. The predicted molar refractivity (Wildman–Crippen MR) is 64.9 cm³/mol. The molecule has 4 heteroatoms. The van der Waals surface area contributed by atoms with Gasteiger partial charge >= 0.3 is 0 Å². The lowest BCUT2D eigenvalue weighted by molar-refractivity contribution is 0.261. The van der Waals surface area contributed by atoms with Gasteiger partial charge in [0.25, 0.3) is 0 Å². The van der Waals surface area contributed by atoms with Crippen LogP contribution >= 0.6 is 0 Å². The van der Waals surface area contributed by atoms with Crippen molar-refractivity contribution in [1.29, 1.82) is 0 Å². The van der Waals surface area contributed by atoms with Crippen LogP contribution in [0.5, 0.6) is 5.88 Å². The van der Waals surface area contributed by atoms with E-state index in [9.17, 15) is 0 Å². The fourth-order valence-electron chi connectivity index (χ4n) is 2.11. The molecule has 88 valence electrons. The SMILES string of the molecule is COc1ccc(NC2CCCN(C)C2)cn1. The van der Waals surface area contributed by atoms with E-state index in [0.29, 0.717) is 11.9 Å². The van der Waals surface area contributed by atoms with E-state index in [0.717, 1.165) is 12.2 Å². The Bertz CT molecular complexity index is 326. The van der Waals surface area contributed by atoms with Crippen LogP contribution in [-0.2, 0) is 0 Å². The molecule has 2 heterocycles. The van der Waals surface area contributed by atoms with Gasteiger partial charge in [0.2, 0.25) is 5.88 Å². The predicted octanol–water partition coefficient (Wildman–Crippen LogP) is 1.60. The summed E-state index contributed by atoms with van der Waals surface area (Å²) in [5.41, 5.74) is 1.07. The summed E-state index contributed by atoms with van der Waals surface area (Å²) in [4.78, 5) is 6.54. The number of rotatable bonds is 3. The zero-order valence-electron chi connectivity index (χ0n) is 9.94. The molecule has 2 rings (SSSR count). The summed E-state index contributed by atoms with van der Waals surface area (Å²) >= 11 is 0. The Morgan fingerprint density at radius 1 is 1.50 bits per heavy atom. The van der Waals surface area contributed by atoms with Crippen LogP contribution in [0.1, 0.15) is 12.8 Å². The Kier molecular flexibility index (Phi) is 3.62. The quantitative estimate of drug-likeness (QED) is 0.841. The van der Waals surface area contributed by atoms with Crippen LogP contribution in [0.2, 0.25) is 0 Å². The minimum absolute atomic E-state index is 0.536. The Morgan fingerprint density at radius 3 is 3.00 bits per heavy atom. The third-order valence-electron chi connectivity index (χ3n) is 2.94. The largest absolute Gasteiger partial charge is 0.481 e. The van der Waals surface area contributed by atoms with Gasteiger partial charge < -0.3 is 15.0 Å². The molecular formula is C12H19N3O. The number of methoxy groups -OCH3 is 1. The number of piperidine rings is 1. The maximum absolute atomic E-state index is 5.03. The first kappa shape index (κ1) is 11.2. The molecule has 0 amide bonds. The average molecular weight is 221 g/mol. The number of aromatic nitrogens is 1. The van der Waals surface area contributed by atoms with Gasteiger partial charge in [0.1, 0.15) is 0 Å². The molecule has 0 bridgehead atoms. The van der Waals surface area contributed by atoms with Crippen LogP contribution in [0.4, 0.5) is 5.69 Å². The first-order valence-electron chi connectivity index (χ1n) is 5.73. The van der Waals surface area contributed by atoms with Crippen molar-refractivity contribution in [1.82, 2.24) is 9.88 Å². The van der Waals surface area contributed by atoms with E-state index in [1.165, 1.54) is 19.4 Å². The number of likely N-dealkylation sites (N-methyl/N-ethyl adjacent to an activating group) is 1. The van der Waals surface area contributed by atoms with E-state index in [1.54, 1.807) is 7.11 Å². The second-order valence-electron chi connectivity index (χ2n) is 4.33. The summed E-state index contributed by atoms with van der Waals surface area (Å²) in [7, 11) is 3.80. The van der Waals surface area contributed by atoms with Crippen molar-refractivity contribution in [2.75, 3.05) is 32.6 Å². The zero-order valence-corrected chi connectivity index (χ0v) is 9.94. The van der Waals surface area contributed by atoms with Crippen LogP contribution in [0.25, 0.3) is 0 Å². The van der Waals surface area contributed by atoms with Crippen LogP contribution in [0.3, 0.4) is 0 Å². The maximum Gasteiger partial charge on any atom is 0.213 e. The highest BCUT2D eigenvalue weighted by Gasteiger charge is 2.16. The highest BCUT2D eigenvalue weighted by atomic mass is 16.5. The van der Waals surface area contributed by atoms with E-state index in [2.05, 4.69) is 22.2 Å². The van der Waals surface area contributed by atoms with Gasteiger partial charge in [-0.05, 0) is 32.5 Å². The molecule has 1 N–H and O–H groups in total. The zero-order chi connectivity index (χ0) is 11.4. The van der Waals surface area contributed by atoms with Crippen LogP contribution in [0, 0.1) is 0 Å². The molecule has 0 aromatic carbocycles. The number of anilines is 1. The maximum atomic E-state index is 5.03. The van der Waals surface area contributed by atoms with Crippen LogP contribution < -0.4 is 10.1 Å². The van der Waals surface area contributed by atoms with E-state index < -0.39 is 0 Å². The number of pyridine rings is 1. The third kappa shape index (κ3) is 2.85. The van der Waals surface area contributed by atoms with Gasteiger partial charge in [0.15, 0.2) is 0 Å². The van der Waals surface area contributed by atoms with E-state index in [-0.39, 0.29) is 0 Å². The molecule has 1 aliphatic heterocycles. The number of nitrogens with one attached hydrogen (secondary N) is 1. The van der Waals surface area contributed by atoms with Crippen molar-refractivity contribution >= 4 is 5.69 Å². The molecule has 1 saturated heterocycles. The number of nitrogens with zero attached hydrogens (tertiary/aromatic N) is 2. The van der Waals surface area contributed by atoms with Gasteiger partial charge in [-0.2, -0.15) is 0 Å². The number of hydrogen-bond acceptors (Lipinski definition) is 4. The lowest BCUT2D eigenvalue weighted by Gasteiger charge is -2.30. The van der Waals surface area contributed by atoms with Gasteiger partial charge in [-0.25, -0.2) is 4.98 Å². The lowest BCUT2D eigenvalue weighted by Crippen LogP contribution is -2.39. The first-order chi connectivity index (χ1) is 7.78. The van der Waals surface area contributed by atoms with E-state index in [1.807, 2.05) is 18.3 Å². The van der Waals surface area contributed by atoms with Gasteiger partial charge in [0.05, 0.1) is 19.0 Å². The lowest BCUT2D eigenvalue weighted by atomic mass is 10.1. The summed E-state index contributed by atoms with van der Waals surface area (Å²) in [6.45, 7) is 2.31. The minimum Gasteiger partial charge on any atom is -0.481 e. The molecule has 1 aliphatic rings. The molecule has 1 unspecified atom stereocenters. The second kappa shape index (κ2) is 5.16. The molecule has 1 atom stereocenters. The Morgan fingerprint density at radius 2 is 2.38 bits per heavy atom. The van der Waals surface area contributed by atoms with Gasteiger partial charge in [0, 0.05) is 18.7 Å². The van der Waals surface area contributed by atoms with Crippen molar-refractivity contribution in [2.45, 2.75) is 18.9 Å². The van der Waals surface area contributed by atoms with Crippen molar-refractivity contribution < 1.29 is 4.74 Å². The monoisotopic (exact) mass is 221 g/mol. The molecule has 1 aromatic rings. The highest BCUT2D eigenvalue weighted by molar-refractivity contribution is 5.43. The van der Waals surface area contributed by atoms with E-state index in [4.69, 9.17) is 4.74 Å². The Hall–Kier alpha value is -1.29. The van der Waals surface area contributed by atoms with E-state index >= 15 is 0 Å². The second-order valence-corrected chi connectivity index (χ2v) is 4.33. The molecule has 4 nitrogen and oxygen atoms in total. The standard InChI is InChI=1S/C12H19N3O/c1-15-7-3-4-11(9-15)14-10-5-6-12(16-2)13-8-10/h5-6,8,11,14H,3-4,7,9H2,1-2H3. The normalized spacial score (nSPS) is 21.8. The van der Waals surface area contributed by atoms with Gasteiger partial charge in [-0.3, -0.25) is 0 Å². The smallest absolute Gasteiger partial charge is 0.213 e. The summed E-state index contributed by atoms with van der Waals surface area (Å²) < 4.78 is 5.03. The summed E-state index contributed by atoms with van der Waals surface area (Å²) in [5.74, 6) is 0.659. The van der Waals surface area contributed by atoms with Crippen molar-refractivity contribution in [3.05, 3.63) is 18.3 Å². The van der Waals surface area contributed by atoms with Gasteiger partial charge in [-0.1, -0.05) is 0 Å². The number of likely N-dealkylation sites (tertiary alicyclic amines) is 1. The minimum atomic E-state index is 0.536. The Balaban J connectivity index is 1.92.